The first-order valence-electron chi connectivity index (χ1n) is 4.63. The molecule has 1 radical (unpaired) electrons. The number of phenolic OH excluding ortho intramolecular Hbond substituents is 1. The van der Waals surface area contributed by atoms with Crippen molar-refractivity contribution >= 4 is 17.2 Å². The number of nitrogens with two attached hydrogens (primary N) is 1. The molecule has 1 heterocycles. The lowest BCUT2D eigenvalue weighted by atomic mass is 10.1. The Morgan fingerprint density at radius 3 is 3.07 bits per heavy atom. The Balaban J connectivity index is 2.43. The molecule has 2 aromatic rings. The summed E-state index contributed by atoms with van der Waals surface area (Å²) in [5.41, 5.74) is 7.32. The molecule has 1 aromatic carbocycles. The van der Waals surface area contributed by atoms with Crippen LogP contribution in [0.15, 0.2) is 24.4 Å². The van der Waals surface area contributed by atoms with Crippen molar-refractivity contribution in [2.45, 2.75) is 12.5 Å². The number of carbonyl (C=O) groups excluding carboxylic acids is 1. The molecule has 0 saturated heterocycles. The molecule has 1 atom stereocenters. The Bertz CT molecular complexity index is 490. The topological polar surface area (TPSA) is 79.1 Å². The summed E-state index contributed by atoms with van der Waals surface area (Å²) in [6.45, 7) is 0. The van der Waals surface area contributed by atoms with Gasteiger partial charge in [-0.15, -0.1) is 0 Å². The molecule has 1 unspecified atom stereocenters. The Labute approximate surface area is 86.7 Å². The van der Waals surface area contributed by atoms with Gasteiger partial charge in [-0.1, -0.05) is 0 Å². The lowest BCUT2D eigenvalue weighted by Crippen LogP contribution is -2.23. The van der Waals surface area contributed by atoms with Crippen molar-refractivity contribution in [1.29, 1.82) is 0 Å². The van der Waals surface area contributed by atoms with Crippen LogP contribution in [0.4, 0.5) is 0 Å². The molecule has 77 valence electrons. The van der Waals surface area contributed by atoms with E-state index in [-0.39, 0.29) is 5.75 Å². The number of fused-ring (bicyclic) bond motifs is 1. The van der Waals surface area contributed by atoms with Crippen LogP contribution >= 0.6 is 0 Å². The molecule has 2 rings (SSSR count). The first-order chi connectivity index (χ1) is 7.20. The zero-order valence-electron chi connectivity index (χ0n) is 8.03. The van der Waals surface area contributed by atoms with E-state index >= 15 is 0 Å². The van der Waals surface area contributed by atoms with Crippen LogP contribution in [0.1, 0.15) is 5.56 Å². The van der Waals surface area contributed by atoms with E-state index in [1.807, 2.05) is 0 Å². The molecule has 0 saturated carbocycles. The third-order valence-corrected chi connectivity index (χ3v) is 2.34. The van der Waals surface area contributed by atoms with E-state index in [1.165, 1.54) is 0 Å². The van der Waals surface area contributed by atoms with Gasteiger partial charge >= 0.3 is 0 Å². The Kier molecular flexibility index (Phi) is 2.43. The zero-order valence-corrected chi connectivity index (χ0v) is 8.03. The molecule has 0 bridgehead atoms. The average Bonchev–Trinajstić information content (AvgIpc) is 2.61. The summed E-state index contributed by atoms with van der Waals surface area (Å²) in [5, 5.41) is 10.2. The second kappa shape index (κ2) is 3.74. The van der Waals surface area contributed by atoms with Crippen LogP contribution in [0.2, 0.25) is 0 Å². The normalized spacial score (nSPS) is 12.9. The molecule has 0 aliphatic heterocycles. The van der Waals surface area contributed by atoms with Gasteiger partial charge in [-0.2, -0.15) is 0 Å². The van der Waals surface area contributed by atoms with Gasteiger partial charge in [0.2, 0.25) is 6.29 Å². The highest BCUT2D eigenvalue weighted by Gasteiger charge is 2.08. The third kappa shape index (κ3) is 1.85. The maximum absolute atomic E-state index is 10.3. The Morgan fingerprint density at radius 2 is 2.33 bits per heavy atom. The van der Waals surface area contributed by atoms with Gasteiger partial charge in [0.05, 0.1) is 6.04 Å². The third-order valence-electron chi connectivity index (χ3n) is 2.34. The molecule has 15 heavy (non-hydrogen) atoms. The van der Waals surface area contributed by atoms with E-state index in [0.717, 1.165) is 16.5 Å². The minimum absolute atomic E-state index is 0.201. The molecule has 0 fully saturated rings. The van der Waals surface area contributed by atoms with Crippen molar-refractivity contribution in [2.75, 3.05) is 0 Å². The maximum Gasteiger partial charge on any atom is 0.217 e. The number of aromatic nitrogens is 1. The quantitative estimate of drug-likeness (QED) is 0.692. The fourth-order valence-corrected chi connectivity index (χ4v) is 1.61. The number of H-pyrrole nitrogens is 1. The van der Waals surface area contributed by atoms with Crippen molar-refractivity contribution in [3.05, 3.63) is 30.0 Å². The number of benzene rings is 1. The van der Waals surface area contributed by atoms with Crippen LogP contribution < -0.4 is 5.73 Å². The SMILES string of the molecule is NC([C]=O)Cc1c[nH]c2ccc(O)cc12. The van der Waals surface area contributed by atoms with Gasteiger partial charge in [-0.3, -0.25) is 4.79 Å². The highest BCUT2D eigenvalue weighted by atomic mass is 16.3. The summed E-state index contributed by atoms with van der Waals surface area (Å²) in [6.07, 6.45) is 3.95. The first-order valence-corrected chi connectivity index (χ1v) is 4.63. The molecule has 0 aliphatic rings. The molecule has 4 heteroatoms. The second-order valence-corrected chi connectivity index (χ2v) is 3.47. The number of nitrogens with one attached hydrogen (secondary N) is 1. The fraction of sp³-hybridized carbons (Fsp3) is 0.182. The largest absolute Gasteiger partial charge is 0.508 e. The highest BCUT2D eigenvalue weighted by molar-refractivity contribution is 5.85. The highest BCUT2D eigenvalue weighted by Crippen LogP contribution is 2.23. The monoisotopic (exact) mass is 203 g/mol. The van der Waals surface area contributed by atoms with Gasteiger partial charge in [-0.05, 0) is 30.2 Å². The van der Waals surface area contributed by atoms with Crippen LogP contribution in [0.5, 0.6) is 5.75 Å². The fourth-order valence-electron chi connectivity index (χ4n) is 1.61. The molecule has 4 N–H and O–H groups in total. The second-order valence-electron chi connectivity index (χ2n) is 3.47. The predicted octanol–water partition coefficient (Wildman–Crippen LogP) is 0.853. The lowest BCUT2D eigenvalue weighted by molar-refractivity contribution is 0.476. The van der Waals surface area contributed by atoms with Crippen molar-refractivity contribution in [3.63, 3.8) is 0 Å². The van der Waals surface area contributed by atoms with Crippen molar-refractivity contribution in [1.82, 2.24) is 4.98 Å². The van der Waals surface area contributed by atoms with Gasteiger partial charge in [0, 0.05) is 17.1 Å². The number of rotatable bonds is 3. The van der Waals surface area contributed by atoms with Gasteiger partial charge in [0.1, 0.15) is 5.75 Å². The summed E-state index contributed by atoms with van der Waals surface area (Å²) in [5.74, 6) is 0.201. The van der Waals surface area contributed by atoms with Crippen LogP contribution in [-0.2, 0) is 11.2 Å². The standard InChI is InChI=1S/C11H11N2O2/c12-8(6-14)3-7-5-13-11-2-1-9(15)4-10(7)11/h1-2,4-5,8,13,15H,3,12H2. The van der Waals surface area contributed by atoms with Crippen molar-refractivity contribution < 1.29 is 9.90 Å². The number of aromatic hydroxyl groups is 1. The zero-order chi connectivity index (χ0) is 10.8. The molecular weight excluding hydrogens is 192 g/mol. The van der Waals surface area contributed by atoms with E-state index in [4.69, 9.17) is 5.73 Å². The van der Waals surface area contributed by atoms with E-state index in [1.54, 1.807) is 30.7 Å². The van der Waals surface area contributed by atoms with Gasteiger partial charge in [0.15, 0.2) is 0 Å². The van der Waals surface area contributed by atoms with Crippen molar-refractivity contribution in [2.24, 2.45) is 5.73 Å². The maximum atomic E-state index is 10.3. The number of phenols is 1. The molecule has 0 aliphatic carbocycles. The lowest BCUT2D eigenvalue weighted by Gasteiger charge is -2.01. The average molecular weight is 203 g/mol. The summed E-state index contributed by atoms with van der Waals surface area (Å²) in [7, 11) is 0. The van der Waals surface area contributed by atoms with Crippen LogP contribution in [0.25, 0.3) is 10.9 Å². The van der Waals surface area contributed by atoms with Crippen LogP contribution in [0, 0.1) is 0 Å². The molecule has 4 nitrogen and oxygen atoms in total. The smallest absolute Gasteiger partial charge is 0.217 e. The summed E-state index contributed by atoms with van der Waals surface area (Å²) >= 11 is 0. The predicted molar refractivity (Wildman–Crippen MR) is 57.3 cm³/mol. The Hall–Kier alpha value is -1.81. The minimum Gasteiger partial charge on any atom is -0.508 e. The molecule has 0 spiro atoms. The van der Waals surface area contributed by atoms with E-state index < -0.39 is 6.04 Å². The number of hydrogen-bond acceptors (Lipinski definition) is 3. The summed E-state index contributed by atoms with van der Waals surface area (Å²) in [6, 6.07) is 4.42. The van der Waals surface area contributed by atoms with Gasteiger partial charge in [0.25, 0.3) is 0 Å². The number of aromatic amines is 1. The molecular formula is C11H11N2O2. The molecule has 1 aromatic heterocycles. The van der Waals surface area contributed by atoms with E-state index in [2.05, 4.69) is 4.98 Å². The van der Waals surface area contributed by atoms with E-state index in [9.17, 15) is 9.90 Å². The summed E-state index contributed by atoms with van der Waals surface area (Å²) in [4.78, 5) is 13.4. The Morgan fingerprint density at radius 1 is 1.53 bits per heavy atom. The van der Waals surface area contributed by atoms with Crippen LogP contribution in [0.3, 0.4) is 0 Å². The van der Waals surface area contributed by atoms with E-state index in [0.29, 0.717) is 6.42 Å². The molecule has 0 amide bonds. The first kappa shape index (κ1) is 9.73. The van der Waals surface area contributed by atoms with Crippen molar-refractivity contribution in [3.8, 4) is 5.75 Å². The van der Waals surface area contributed by atoms with Crippen LogP contribution in [-0.4, -0.2) is 22.4 Å². The summed E-state index contributed by atoms with van der Waals surface area (Å²) < 4.78 is 0. The minimum atomic E-state index is -0.619. The number of hydrogen-bond donors (Lipinski definition) is 3. The van der Waals surface area contributed by atoms with Gasteiger partial charge in [-0.25, -0.2) is 0 Å². The van der Waals surface area contributed by atoms with Gasteiger partial charge < -0.3 is 15.8 Å².